The van der Waals surface area contributed by atoms with E-state index in [1.165, 1.54) is 0 Å². The van der Waals surface area contributed by atoms with Crippen molar-refractivity contribution in [2.24, 2.45) is 0 Å². The molecule has 1 rings (SSSR count). The van der Waals surface area contributed by atoms with Crippen molar-refractivity contribution in [2.45, 2.75) is 6.92 Å². The summed E-state index contributed by atoms with van der Waals surface area (Å²) in [5.41, 5.74) is -0.649. The van der Waals surface area contributed by atoms with E-state index in [1.54, 1.807) is 6.92 Å². The molecule has 0 fully saturated rings. The maximum absolute atomic E-state index is 11.0. The molecule has 0 aliphatic carbocycles. The fourth-order valence-electron chi connectivity index (χ4n) is 0.695. The van der Waals surface area contributed by atoms with E-state index in [0.29, 0.717) is 0 Å². The molecule has 0 aromatic carbocycles. The molecule has 6 nitrogen and oxygen atoms in total. The van der Waals surface area contributed by atoms with Crippen LogP contribution in [0, 0.1) is 37.0 Å². The van der Waals surface area contributed by atoms with Gasteiger partial charge in [-0.3, -0.25) is 4.98 Å². The van der Waals surface area contributed by atoms with Crippen molar-refractivity contribution < 1.29 is 9.47 Å². The minimum Gasteiger partial charge on any atom is -0.451 e. The minimum absolute atomic E-state index is 0.0124. The Morgan fingerprint density at radius 1 is 1.17 bits per heavy atom. The van der Waals surface area contributed by atoms with Gasteiger partial charge in [-0.15, -0.1) is 35.2 Å². The Balaban J connectivity index is 0.000000873. The first-order valence-electron chi connectivity index (χ1n) is 4.66. The van der Waals surface area contributed by atoms with Crippen LogP contribution in [0.1, 0.15) is 6.92 Å². The van der Waals surface area contributed by atoms with Gasteiger partial charge in [0.2, 0.25) is 0 Å². The van der Waals surface area contributed by atoms with Crippen LogP contribution in [0.3, 0.4) is 0 Å². The van der Waals surface area contributed by atoms with Gasteiger partial charge in [0.25, 0.3) is 0 Å². The molecule has 1 heterocycles. The molecule has 1 aromatic rings. The lowest BCUT2D eigenvalue weighted by Gasteiger charge is -2.02. The zero-order chi connectivity index (χ0) is 13.8. The number of ether oxygens (including phenoxy) is 2. The number of nitrogens with zero attached hydrogens (tertiary/aromatic N) is 2. The van der Waals surface area contributed by atoms with Crippen LogP contribution in [0.25, 0.3) is 0 Å². The summed E-state index contributed by atoms with van der Waals surface area (Å²) in [7, 11) is 0. The first-order chi connectivity index (χ1) is 8.67. The lowest BCUT2D eigenvalue weighted by atomic mass is 10.7. The molecule has 0 saturated heterocycles. The van der Waals surface area contributed by atoms with Gasteiger partial charge in [0.1, 0.15) is 0 Å². The van der Waals surface area contributed by atoms with Crippen molar-refractivity contribution in [1.29, 1.82) is 0 Å². The summed E-state index contributed by atoms with van der Waals surface area (Å²) >= 11 is 0. The number of H-pyrrole nitrogens is 1. The Kier molecular flexibility index (Phi) is 7.82. The lowest BCUT2D eigenvalue weighted by molar-refractivity contribution is 0.301. The number of nitrogens with one attached hydrogen (secondary N) is 1. The molecule has 0 unspecified atom stereocenters. The largest absolute Gasteiger partial charge is 0.451 e. The molecule has 92 valence electrons. The summed E-state index contributed by atoms with van der Waals surface area (Å²) in [5.74, 6) is 6.68. The zero-order valence-electron chi connectivity index (χ0n) is 9.77. The third-order valence-electron chi connectivity index (χ3n) is 1.19. The zero-order valence-corrected chi connectivity index (χ0v) is 9.77. The number of aromatic amines is 1. The van der Waals surface area contributed by atoms with Crippen molar-refractivity contribution in [1.82, 2.24) is 15.0 Å². The minimum atomic E-state index is -0.649. The molecular formula is C12H11N3O3. The number of hydrogen-bond donors (Lipinski definition) is 1. The highest BCUT2D eigenvalue weighted by molar-refractivity contribution is 5.02. The van der Waals surface area contributed by atoms with Crippen LogP contribution in [0.2, 0.25) is 0 Å². The highest BCUT2D eigenvalue weighted by atomic mass is 16.5. The monoisotopic (exact) mass is 245 g/mol. The molecular weight excluding hydrogens is 234 g/mol. The number of aromatic nitrogens is 3. The molecule has 0 spiro atoms. The highest BCUT2D eigenvalue weighted by Crippen LogP contribution is 2.03. The van der Waals surface area contributed by atoms with E-state index in [2.05, 4.69) is 39.1 Å². The van der Waals surface area contributed by atoms with Gasteiger partial charge in [0.05, 0.1) is 0 Å². The SMILES string of the molecule is C#CC.C#CCOc1nc(OCC#C)[nH]c(=O)n1. The Bertz CT molecular complexity index is 504. The Morgan fingerprint density at radius 2 is 1.72 bits per heavy atom. The smallest absolute Gasteiger partial charge is 0.353 e. The topological polar surface area (TPSA) is 77.1 Å². The second-order valence-corrected chi connectivity index (χ2v) is 2.52. The van der Waals surface area contributed by atoms with E-state index < -0.39 is 5.69 Å². The van der Waals surface area contributed by atoms with Gasteiger partial charge in [-0.05, 0) is 6.92 Å². The van der Waals surface area contributed by atoms with Gasteiger partial charge in [-0.1, -0.05) is 11.8 Å². The summed E-state index contributed by atoms with van der Waals surface area (Å²) < 4.78 is 9.73. The molecule has 6 heteroatoms. The van der Waals surface area contributed by atoms with Gasteiger partial charge >= 0.3 is 17.7 Å². The molecule has 0 atom stereocenters. The van der Waals surface area contributed by atoms with Crippen molar-refractivity contribution in [3.63, 3.8) is 0 Å². The van der Waals surface area contributed by atoms with Crippen molar-refractivity contribution in [2.75, 3.05) is 13.2 Å². The predicted molar refractivity (Wildman–Crippen MR) is 65.8 cm³/mol. The summed E-state index contributed by atoms with van der Waals surface area (Å²) in [6.07, 6.45) is 14.5. The first-order valence-corrected chi connectivity index (χ1v) is 4.66. The van der Waals surface area contributed by atoms with Crippen LogP contribution in [0.4, 0.5) is 0 Å². The van der Waals surface area contributed by atoms with Gasteiger partial charge in [0.15, 0.2) is 13.2 Å². The highest BCUT2D eigenvalue weighted by Gasteiger charge is 2.03. The number of hydrogen-bond acceptors (Lipinski definition) is 5. The fraction of sp³-hybridized carbons (Fsp3) is 0.250. The average molecular weight is 245 g/mol. The van der Waals surface area contributed by atoms with E-state index in [-0.39, 0.29) is 25.2 Å². The molecule has 0 radical (unpaired) electrons. The van der Waals surface area contributed by atoms with Gasteiger partial charge in [-0.25, -0.2) is 4.79 Å². The molecule has 0 amide bonds. The standard InChI is InChI=1S/C9H7N3O3.C3H4/c1-3-5-14-8-10-7(13)11-9(12-8)15-6-4-2;1-3-2/h1-2H,5-6H2,(H,10,11,12,13);1H,2H3. The molecule has 0 aliphatic heterocycles. The molecule has 1 N–H and O–H groups in total. The van der Waals surface area contributed by atoms with Crippen molar-refractivity contribution >= 4 is 0 Å². The first kappa shape index (κ1) is 15.1. The van der Waals surface area contributed by atoms with E-state index in [0.717, 1.165) is 0 Å². The second-order valence-electron chi connectivity index (χ2n) is 2.52. The normalized spacial score (nSPS) is 7.67. The maximum Gasteiger partial charge on any atom is 0.353 e. The van der Waals surface area contributed by atoms with E-state index >= 15 is 0 Å². The second kappa shape index (κ2) is 9.33. The van der Waals surface area contributed by atoms with Crippen molar-refractivity contribution in [3.8, 4) is 49.1 Å². The number of rotatable bonds is 4. The van der Waals surface area contributed by atoms with Gasteiger partial charge < -0.3 is 9.47 Å². The maximum atomic E-state index is 11.0. The quantitative estimate of drug-likeness (QED) is 0.745. The van der Waals surface area contributed by atoms with Gasteiger partial charge in [-0.2, -0.15) is 0 Å². The van der Waals surface area contributed by atoms with Crippen LogP contribution in [-0.2, 0) is 0 Å². The molecule has 0 aliphatic rings. The molecule has 1 aromatic heterocycles. The summed E-state index contributed by atoms with van der Waals surface area (Å²) in [4.78, 5) is 20.3. The van der Waals surface area contributed by atoms with Crippen LogP contribution in [0.15, 0.2) is 4.79 Å². The molecule has 0 bridgehead atoms. The summed E-state index contributed by atoms with van der Waals surface area (Å²) in [6, 6.07) is -0.205. The Hall–Kier alpha value is -2.91. The van der Waals surface area contributed by atoms with Crippen LogP contribution in [0.5, 0.6) is 12.0 Å². The Labute approximate surface area is 105 Å². The lowest BCUT2D eigenvalue weighted by Crippen LogP contribution is -2.16. The fourth-order valence-corrected chi connectivity index (χ4v) is 0.695. The summed E-state index contributed by atoms with van der Waals surface area (Å²) in [5, 5.41) is 0. The van der Waals surface area contributed by atoms with Gasteiger partial charge in [0, 0.05) is 0 Å². The third-order valence-corrected chi connectivity index (χ3v) is 1.19. The van der Waals surface area contributed by atoms with Crippen molar-refractivity contribution in [3.05, 3.63) is 10.5 Å². The average Bonchev–Trinajstić information content (AvgIpc) is 2.34. The molecule has 0 saturated carbocycles. The van der Waals surface area contributed by atoms with E-state index in [1.807, 2.05) is 0 Å². The van der Waals surface area contributed by atoms with Crippen LogP contribution < -0.4 is 15.2 Å². The number of terminal acetylenes is 3. The van der Waals surface area contributed by atoms with E-state index in [4.69, 9.17) is 22.3 Å². The molecule has 18 heavy (non-hydrogen) atoms. The van der Waals surface area contributed by atoms with Crippen LogP contribution >= 0.6 is 0 Å². The Morgan fingerprint density at radius 3 is 2.28 bits per heavy atom. The predicted octanol–water partition coefficient (Wildman–Crippen LogP) is -0.172. The summed E-state index contributed by atoms with van der Waals surface area (Å²) in [6.45, 7) is 1.61. The third kappa shape index (κ3) is 6.55. The van der Waals surface area contributed by atoms with Crippen LogP contribution in [-0.4, -0.2) is 28.2 Å². The van der Waals surface area contributed by atoms with E-state index in [9.17, 15) is 4.79 Å².